The number of halogens is 1. The van der Waals surface area contributed by atoms with E-state index in [9.17, 15) is 28.9 Å². The van der Waals surface area contributed by atoms with Gasteiger partial charge in [-0.15, -0.1) is 0 Å². The van der Waals surface area contributed by atoms with E-state index in [1.165, 1.54) is 30.3 Å². The average Bonchev–Trinajstić information content (AvgIpc) is 2.63. The number of nitrogens with zero attached hydrogens (tertiary/aromatic N) is 2. The summed E-state index contributed by atoms with van der Waals surface area (Å²) >= 11 is 0. The van der Waals surface area contributed by atoms with E-state index in [4.69, 9.17) is 0 Å². The van der Waals surface area contributed by atoms with Crippen molar-refractivity contribution in [2.45, 2.75) is 0 Å². The number of nitro groups is 1. The van der Waals surface area contributed by atoms with Crippen LogP contribution in [0.25, 0.3) is 5.69 Å². The van der Waals surface area contributed by atoms with Crippen LogP contribution in [-0.2, 0) is 0 Å². The Hall–Kier alpha value is -4.08. The first-order chi connectivity index (χ1) is 12.9. The summed E-state index contributed by atoms with van der Waals surface area (Å²) < 4.78 is 13.7. The summed E-state index contributed by atoms with van der Waals surface area (Å²) in [4.78, 5) is 49.4. The van der Waals surface area contributed by atoms with Crippen LogP contribution < -0.4 is 16.6 Å². The molecule has 0 aliphatic carbocycles. The molecule has 1 amide bonds. The van der Waals surface area contributed by atoms with Gasteiger partial charge in [-0.1, -0.05) is 6.07 Å². The van der Waals surface area contributed by atoms with Crippen LogP contribution in [0.15, 0.2) is 64.3 Å². The molecule has 9 nitrogen and oxygen atoms in total. The minimum Gasteiger partial charge on any atom is -0.322 e. The van der Waals surface area contributed by atoms with Gasteiger partial charge in [-0.05, 0) is 30.3 Å². The van der Waals surface area contributed by atoms with Crippen molar-refractivity contribution in [1.82, 2.24) is 9.55 Å². The van der Waals surface area contributed by atoms with E-state index in [-0.39, 0.29) is 17.1 Å². The third kappa shape index (κ3) is 3.63. The predicted molar refractivity (Wildman–Crippen MR) is 93.7 cm³/mol. The van der Waals surface area contributed by atoms with Crippen LogP contribution in [0.4, 0.5) is 15.8 Å². The molecule has 0 fully saturated rings. The molecule has 0 unspecified atom stereocenters. The molecule has 27 heavy (non-hydrogen) atoms. The maximum Gasteiger partial charge on any atom is 0.333 e. The van der Waals surface area contributed by atoms with Crippen molar-refractivity contribution >= 4 is 17.3 Å². The second-order valence-electron chi connectivity index (χ2n) is 5.39. The molecular formula is C17H11FN4O5. The van der Waals surface area contributed by atoms with E-state index in [0.29, 0.717) is 4.57 Å². The molecule has 0 atom stereocenters. The van der Waals surface area contributed by atoms with Crippen molar-refractivity contribution in [3.8, 4) is 5.69 Å². The van der Waals surface area contributed by atoms with Gasteiger partial charge < -0.3 is 10.3 Å². The molecule has 2 N–H and O–H groups in total. The zero-order valence-corrected chi connectivity index (χ0v) is 13.5. The predicted octanol–water partition coefficient (Wildman–Crippen LogP) is 1.83. The Balaban J connectivity index is 1.99. The number of non-ortho nitro benzene ring substituents is 1. The first-order valence-corrected chi connectivity index (χ1v) is 7.53. The maximum atomic E-state index is 13.1. The lowest BCUT2D eigenvalue weighted by Gasteiger charge is -2.08. The number of aromatic nitrogens is 2. The molecule has 1 heterocycles. The zero-order chi connectivity index (χ0) is 19.6. The molecule has 0 aliphatic heterocycles. The monoisotopic (exact) mass is 370 g/mol. The van der Waals surface area contributed by atoms with Crippen LogP contribution in [0.5, 0.6) is 0 Å². The number of nitro benzene ring substituents is 1. The summed E-state index contributed by atoms with van der Waals surface area (Å²) in [5, 5.41) is 13.2. The Kier molecular flexibility index (Phi) is 4.62. The van der Waals surface area contributed by atoms with Crippen molar-refractivity contribution in [2.24, 2.45) is 0 Å². The number of anilines is 1. The molecular weight excluding hydrogens is 359 g/mol. The van der Waals surface area contributed by atoms with E-state index in [1.54, 1.807) is 0 Å². The normalized spacial score (nSPS) is 10.4. The number of aromatic amines is 1. The number of H-pyrrole nitrogens is 1. The van der Waals surface area contributed by atoms with E-state index in [1.807, 2.05) is 0 Å². The smallest absolute Gasteiger partial charge is 0.322 e. The fourth-order valence-electron chi connectivity index (χ4n) is 2.36. The molecule has 10 heteroatoms. The lowest BCUT2D eigenvalue weighted by Crippen LogP contribution is -2.38. The fourth-order valence-corrected chi connectivity index (χ4v) is 2.36. The third-order valence-corrected chi connectivity index (χ3v) is 3.62. The fraction of sp³-hybridized carbons (Fsp3) is 0. The van der Waals surface area contributed by atoms with Crippen molar-refractivity contribution in [2.75, 3.05) is 5.32 Å². The van der Waals surface area contributed by atoms with Gasteiger partial charge in [-0.2, -0.15) is 0 Å². The highest BCUT2D eigenvalue weighted by atomic mass is 19.1. The Morgan fingerprint density at radius 3 is 2.52 bits per heavy atom. The van der Waals surface area contributed by atoms with Crippen molar-refractivity contribution < 1.29 is 14.1 Å². The number of hydrogen-bond donors (Lipinski definition) is 2. The Bertz CT molecular complexity index is 1150. The molecule has 0 bridgehead atoms. The van der Waals surface area contributed by atoms with Gasteiger partial charge in [0.1, 0.15) is 11.4 Å². The molecule has 2 aromatic carbocycles. The quantitative estimate of drug-likeness (QED) is 0.535. The number of carbonyl (C=O) groups is 1. The summed E-state index contributed by atoms with van der Waals surface area (Å²) in [6.45, 7) is 0. The first kappa shape index (κ1) is 17.7. The van der Waals surface area contributed by atoms with Crippen LogP contribution in [-0.4, -0.2) is 20.4 Å². The number of rotatable bonds is 4. The number of hydrogen-bond acceptors (Lipinski definition) is 5. The van der Waals surface area contributed by atoms with E-state index in [2.05, 4.69) is 10.3 Å². The zero-order valence-electron chi connectivity index (χ0n) is 13.5. The third-order valence-electron chi connectivity index (χ3n) is 3.62. The number of nitrogens with one attached hydrogen (secondary N) is 2. The minimum atomic E-state index is -0.923. The maximum absolute atomic E-state index is 13.1. The molecule has 136 valence electrons. The Morgan fingerprint density at radius 2 is 1.85 bits per heavy atom. The molecule has 0 aliphatic rings. The summed E-state index contributed by atoms with van der Waals surface area (Å²) in [6.07, 6.45) is 0.942. The summed E-state index contributed by atoms with van der Waals surface area (Å²) in [5.74, 6) is -1.42. The number of amides is 1. The van der Waals surface area contributed by atoms with Gasteiger partial charge in [0.15, 0.2) is 0 Å². The van der Waals surface area contributed by atoms with Crippen LogP contribution in [0, 0.1) is 15.9 Å². The topological polar surface area (TPSA) is 127 Å². The van der Waals surface area contributed by atoms with E-state index >= 15 is 0 Å². The highest BCUT2D eigenvalue weighted by Crippen LogP contribution is 2.17. The van der Waals surface area contributed by atoms with Crippen LogP contribution in [0.3, 0.4) is 0 Å². The van der Waals surface area contributed by atoms with Crippen molar-refractivity contribution in [3.63, 3.8) is 0 Å². The van der Waals surface area contributed by atoms with Gasteiger partial charge in [0.2, 0.25) is 0 Å². The molecule has 0 spiro atoms. The first-order valence-electron chi connectivity index (χ1n) is 7.53. The van der Waals surface area contributed by atoms with Gasteiger partial charge in [-0.25, -0.2) is 13.8 Å². The second-order valence-corrected chi connectivity index (χ2v) is 5.39. The standard InChI is InChI=1S/C17H11FN4O5/c18-10-4-6-12(7-5-10)21-16(24)14(9-19-17(21)25)15(23)20-11-2-1-3-13(8-11)22(26)27/h1-9H,(H,19,25)(H,20,23). The largest absolute Gasteiger partial charge is 0.333 e. The van der Waals surface area contributed by atoms with Gasteiger partial charge in [0.05, 0.1) is 10.6 Å². The minimum absolute atomic E-state index is 0.0765. The highest BCUT2D eigenvalue weighted by molar-refractivity contribution is 6.04. The molecule has 1 aromatic heterocycles. The van der Waals surface area contributed by atoms with Gasteiger partial charge in [0.25, 0.3) is 17.2 Å². The molecule has 0 saturated carbocycles. The number of carbonyl (C=O) groups excluding carboxylic acids is 1. The van der Waals surface area contributed by atoms with Gasteiger partial charge >= 0.3 is 5.69 Å². The Labute approximate surface area is 149 Å². The van der Waals surface area contributed by atoms with E-state index in [0.717, 1.165) is 24.4 Å². The van der Waals surface area contributed by atoms with Crippen LogP contribution >= 0.6 is 0 Å². The molecule has 0 saturated heterocycles. The average molecular weight is 370 g/mol. The summed E-state index contributed by atoms with van der Waals surface area (Å²) in [5.41, 5.74) is -2.18. The highest BCUT2D eigenvalue weighted by Gasteiger charge is 2.17. The summed E-state index contributed by atoms with van der Waals surface area (Å²) in [6, 6.07) is 9.72. The lowest BCUT2D eigenvalue weighted by molar-refractivity contribution is -0.384. The van der Waals surface area contributed by atoms with Gasteiger partial charge in [-0.3, -0.25) is 19.7 Å². The van der Waals surface area contributed by atoms with Crippen molar-refractivity contribution in [3.05, 3.63) is 97.1 Å². The van der Waals surface area contributed by atoms with Crippen molar-refractivity contribution in [1.29, 1.82) is 0 Å². The lowest BCUT2D eigenvalue weighted by atomic mass is 10.2. The van der Waals surface area contributed by atoms with Crippen LogP contribution in [0.1, 0.15) is 10.4 Å². The number of benzene rings is 2. The second kappa shape index (κ2) is 7.04. The molecule has 0 radical (unpaired) electrons. The summed E-state index contributed by atoms with van der Waals surface area (Å²) in [7, 11) is 0. The molecule has 3 aromatic rings. The van der Waals surface area contributed by atoms with Gasteiger partial charge in [0, 0.05) is 24.0 Å². The van der Waals surface area contributed by atoms with E-state index < -0.39 is 33.5 Å². The Morgan fingerprint density at radius 1 is 1.15 bits per heavy atom. The SMILES string of the molecule is O=C(Nc1cccc([N+](=O)[O-])c1)c1c[nH]c(=O)n(-c2ccc(F)cc2)c1=O. The molecule has 3 rings (SSSR count). The van der Waals surface area contributed by atoms with Crippen LogP contribution in [0.2, 0.25) is 0 Å².